The number of carbonyl (C=O) groups is 2. The van der Waals surface area contributed by atoms with Crippen LogP contribution in [0.1, 0.15) is 25.0 Å². The first-order chi connectivity index (χ1) is 19.3. The van der Waals surface area contributed by atoms with Crippen molar-refractivity contribution in [1.82, 2.24) is 14.5 Å². The third-order valence-electron chi connectivity index (χ3n) is 6.23. The van der Waals surface area contributed by atoms with E-state index in [9.17, 15) is 22.4 Å². The Balaban J connectivity index is 2.15. The Labute approximate surface area is 250 Å². The molecular formula is C29H33Cl2FN4O4S. The standard InChI is InChI=1S/C29H33Cl2FN4O4S/c1-20(2)33-29(38)27(17-21-11-6-5-7-12-21)35(18-22-23(30)13-10-14-24(22)31)28(37)19-36(41(39,40)34(3)4)26-16-9-8-15-25(26)32/h5-16,20,27H,17-19H2,1-4H3,(H,33,38)/t27-/m1/s1. The van der Waals surface area contributed by atoms with Crippen molar-refractivity contribution in [1.29, 1.82) is 0 Å². The molecule has 1 atom stereocenters. The van der Waals surface area contributed by atoms with Crippen molar-refractivity contribution in [3.63, 3.8) is 0 Å². The molecule has 8 nitrogen and oxygen atoms in total. The lowest BCUT2D eigenvalue weighted by Gasteiger charge is -2.35. The predicted molar refractivity (Wildman–Crippen MR) is 161 cm³/mol. The summed E-state index contributed by atoms with van der Waals surface area (Å²) in [6.07, 6.45) is 0.118. The van der Waals surface area contributed by atoms with E-state index < -0.39 is 40.4 Å². The number of nitrogens with one attached hydrogen (secondary N) is 1. The van der Waals surface area contributed by atoms with Crippen LogP contribution in [0.15, 0.2) is 72.8 Å². The summed E-state index contributed by atoms with van der Waals surface area (Å²) in [5, 5.41) is 3.39. The molecule has 41 heavy (non-hydrogen) atoms. The lowest BCUT2D eigenvalue weighted by Crippen LogP contribution is -2.55. The van der Waals surface area contributed by atoms with Gasteiger partial charge in [0.2, 0.25) is 11.8 Å². The number of hydrogen-bond donors (Lipinski definition) is 1. The number of carbonyl (C=O) groups excluding carboxylic acids is 2. The molecule has 0 saturated heterocycles. The molecule has 3 rings (SSSR count). The fraction of sp³-hybridized carbons (Fsp3) is 0.310. The van der Waals surface area contributed by atoms with Gasteiger partial charge in [0.25, 0.3) is 0 Å². The molecule has 0 saturated carbocycles. The Morgan fingerprint density at radius 1 is 0.902 bits per heavy atom. The van der Waals surface area contributed by atoms with Crippen molar-refractivity contribution in [2.75, 3.05) is 24.9 Å². The molecule has 3 aromatic carbocycles. The number of amides is 2. The van der Waals surface area contributed by atoms with Gasteiger partial charge in [-0.2, -0.15) is 12.7 Å². The zero-order valence-corrected chi connectivity index (χ0v) is 25.5. The minimum atomic E-state index is -4.33. The lowest BCUT2D eigenvalue weighted by molar-refractivity contribution is -0.140. The minimum absolute atomic E-state index is 0.118. The molecule has 0 aliphatic heterocycles. The summed E-state index contributed by atoms with van der Waals surface area (Å²) in [5.41, 5.74) is 0.843. The summed E-state index contributed by atoms with van der Waals surface area (Å²) in [5.74, 6) is -2.03. The molecule has 0 heterocycles. The predicted octanol–water partition coefficient (Wildman–Crippen LogP) is 4.91. The molecular weight excluding hydrogens is 590 g/mol. The summed E-state index contributed by atoms with van der Waals surface area (Å²) in [6.45, 7) is 2.59. The second-order valence-electron chi connectivity index (χ2n) is 9.84. The second-order valence-corrected chi connectivity index (χ2v) is 12.7. The van der Waals surface area contributed by atoms with Gasteiger partial charge in [-0.3, -0.25) is 9.59 Å². The largest absolute Gasteiger partial charge is 0.352 e. The Morgan fingerprint density at radius 3 is 2.05 bits per heavy atom. The van der Waals surface area contributed by atoms with Crippen LogP contribution in [0, 0.1) is 5.82 Å². The Bertz CT molecular complexity index is 1450. The van der Waals surface area contributed by atoms with Crippen LogP contribution in [-0.2, 0) is 32.8 Å². The molecule has 12 heteroatoms. The molecule has 1 N–H and O–H groups in total. The molecule has 220 valence electrons. The number of halogens is 3. The van der Waals surface area contributed by atoms with Gasteiger partial charge < -0.3 is 10.2 Å². The maximum absolute atomic E-state index is 14.9. The van der Waals surface area contributed by atoms with Crippen molar-refractivity contribution >= 4 is 50.9 Å². The van der Waals surface area contributed by atoms with Gasteiger partial charge in [0.1, 0.15) is 18.4 Å². The third kappa shape index (κ3) is 8.19. The van der Waals surface area contributed by atoms with Crippen LogP contribution in [0.2, 0.25) is 10.0 Å². The number of benzene rings is 3. The number of nitrogens with zero attached hydrogens (tertiary/aromatic N) is 3. The number of para-hydroxylation sites is 1. The van der Waals surface area contributed by atoms with Gasteiger partial charge in [0.15, 0.2) is 0 Å². The number of rotatable bonds is 12. The number of hydrogen-bond acceptors (Lipinski definition) is 4. The van der Waals surface area contributed by atoms with E-state index in [0.717, 1.165) is 15.9 Å². The van der Waals surface area contributed by atoms with Crippen LogP contribution < -0.4 is 9.62 Å². The monoisotopic (exact) mass is 622 g/mol. The quantitative estimate of drug-likeness (QED) is 0.311. The molecule has 0 unspecified atom stereocenters. The van der Waals surface area contributed by atoms with Gasteiger partial charge in [-0.25, -0.2) is 8.70 Å². The van der Waals surface area contributed by atoms with Gasteiger partial charge in [0.05, 0.1) is 5.69 Å². The van der Waals surface area contributed by atoms with Gasteiger partial charge in [-0.05, 0) is 43.7 Å². The van der Waals surface area contributed by atoms with Crippen LogP contribution in [0.5, 0.6) is 0 Å². The molecule has 0 aliphatic carbocycles. The summed E-state index contributed by atoms with van der Waals surface area (Å²) < 4.78 is 43.2. The maximum Gasteiger partial charge on any atom is 0.304 e. The van der Waals surface area contributed by atoms with E-state index in [4.69, 9.17) is 23.2 Å². The van der Waals surface area contributed by atoms with Gasteiger partial charge in [-0.15, -0.1) is 0 Å². The first-order valence-corrected chi connectivity index (χ1v) is 15.0. The SMILES string of the molecule is CC(C)NC(=O)[C@@H](Cc1ccccc1)N(Cc1c(Cl)cccc1Cl)C(=O)CN(c1ccccc1F)S(=O)(=O)N(C)C. The normalized spacial score (nSPS) is 12.3. The highest BCUT2D eigenvalue weighted by molar-refractivity contribution is 7.90. The van der Waals surface area contributed by atoms with Crippen LogP contribution in [0.25, 0.3) is 0 Å². The summed E-state index contributed by atoms with van der Waals surface area (Å²) in [6, 6.07) is 17.9. The van der Waals surface area contributed by atoms with Crippen molar-refractivity contribution in [3.05, 3.63) is 99.8 Å². The van der Waals surface area contributed by atoms with E-state index >= 15 is 0 Å². The van der Waals surface area contributed by atoms with Gasteiger partial charge in [0, 0.05) is 48.7 Å². The average molecular weight is 624 g/mol. The first-order valence-electron chi connectivity index (χ1n) is 12.8. The molecule has 0 spiro atoms. The summed E-state index contributed by atoms with van der Waals surface area (Å²) >= 11 is 12.9. The smallest absolute Gasteiger partial charge is 0.304 e. The minimum Gasteiger partial charge on any atom is -0.352 e. The van der Waals surface area contributed by atoms with Gasteiger partial charge >= 0.3 is 10.2 Å². The van der Waals surface area contributed by atoms with Crippen molar-refractivity contribution in [2.45, 2.75) is 38.9 Å². The highest BCUT2D eigenvalue weighted by Crippen LogP contribution is 2.28. The van der Waals surface area contributed by atoms with E-state index in [1.165, 1.54) is 37.2 Å². The van der Waals surface area contributed by atoms with Crippen LogP contribution in [-0.4, -0.2) is 62.2 Å². The molecule has 0 aromatic heterocycles. The molecule has 3 aromatic rings. The second kappa shape index (κ2) is 14.1. The van der Waals surface area contributed by atoms with Crippen molar-refractivity contribution in [3.8, 4) is 0 Å². The van der Waals surface area contributed by atoms with Gasteiger partial charge in [-0.1, -0.05) is 71.7 Å². The molecule has 0 radical (unpaired) electrons. The zero-order chi connectivity index (χ0) is 30.3. The van der Waals surface area contributed by atoms with E-state index in [-0.39, 0.29) is 34.7 Å². The summed E-state index contributed by atoms with van der Waals surface area (Å²) in [4.78, 5) is 29.0. The van der Waals surface area contributed by atoms with Crippen LogP contribution >= 0.6 is 23.2 Å². The highest BCUT2D eigenvalue weighted by Gasteiger charge is 2.36. The van der Waals surface area contributed by atoms with Crippen molar-refractivity contribution in [2.24, 2.45) is 0 Å². The average Bonchev–Trinajstić information content (AvgIpc) is 2.91. The van der Waals surface area contributed by atoms with E-state index in [2.05, 4.69) is 5.32 Å². The highest BCUT2D eigenvalue weighted by atomic mass is 35.5. The van der Waals surface area contributed by atoms with Crippen molar-refractivity contribution < 1.29 is 22.4 Å². The van der Waals surface area contributed by atoms with Crippen LogP contribution in [0.4, 0.5) is 10.1 Å². The molecule has 0 bridgehead atoms. The topological polar surface area (TPSA) is 90.0 Å². The maximum atomic E-state index is 14.9. The van der Waals surface area contributed by atoms with Crippen LogP contribution in [0.3, 0.4) is 0 Å². The lowest BCUT2D eigenvalue weighted by atomic mass is 10.0. The van der Waals surface area contributed by atoms with E-state index in [1.807, 2.05) is 30.3 Å². The molecule has 2 amide bonds. The molecule has 0 fully saturated rings. The first kappa shape index (κ1) is 32.3. The molecule has 0 aliphatic rings. The Morgan fingerprint density at radius 2 is 1.49 bits per heavy atom. The fourth-order valence-corrected chi connectivity index (χ4v) is 5.73. The summed E-state index contributed by atoms with van der Waals surface area (Å²) in [7, 11) is -1.77. The Hall–Kier alpha value is -3.18. The fourth-order valence-electron chi connectivity index (χ4n) is 4.14. The van der Waals surface area contributed by atoms with E-state index in [1.54, 1.807) is 32.0 Å². The zero-order valence-electron chi connectivity index (χ0n) is 23.2. The Kier molecular flexibility index (Phi) is 11.1. The van der Waals surface area contributed by atoms with E-state index in [0.29, 0.717) is 9.87 Å². The number of anilines is 1. The third-order valence-corrected chi connectivity index (χ3v) is 8.75.